The zero-order chi connectivity index (χ0) is 14.5. The van der Waals surface area contributed by atoms with Gasteiger partial charge in [0.1, 0.15) is 5.75 Å². The van der Waals surface area contributed by atoms with Crippen molar-refractivity contribution in [1.82, 2.24) is 10.2 Å². The fourth-order valence-electron chi connectivity index (χ4n) is 2.80. The number of rotatable bonds is 8. The molecule has 0 bridgehead atoms. The number of benzene rings is 1. The monoisotopic (exact) mass is 308 g/mol. The van der Waals surface area contributed by atoms with Crippen molar-refractivity contribution >= 4 is 11.6 Å². The standard InChI is InChI=1S/C17H25ClN2O/c18-16-12-14(13-19-15-5-6-15)4-7-17(16)21-11-3-10-20-8-1-2-9-20/h4,7,12,15,19H,1-3,5-6,8-11,13H2. The molecule has 1 aromatic carbocycles. The van der Waals surface area contributed by atoms with E-state index in [-0.39, 0.29) is 0 Å². The van der Waals surface area contributed by atoms with Gasteiger partial charge in [-0.3, -0.25) is 0 Å². The fourth-order valence-corrected chi connectivity index (χ4v) is 3.06. The van der Waals surface area contributed by atoms with Gasteiger partial charge in [-0.25, -0.2) is 0 Å². The maximum Gasteiger partial charge on any atom is 0.137 e. The Labute approximate surface area is 132 Å². The van der Waals surface area contributed by atoms with Gasteiger partial charge in [0, 0.05) is 19.1 Å². The highest BCUT2D eigenvalue weighted by Gasteiger charge is 2.20. The lowest BCUT2D eigenvalue weighted by atomic mass is 10.2. The molecule has 4 heteroatoms. The van der Waals surface area contributed by atoms with E-state index in [0.717, 1.165) is 42.9 Å². The Balaban J connectivity index is 1.39. The van der Waals surface area contributed by atoms with E-state index in [9.17, 15) is 0 Å². The third kappa shape index (κ3) is 4.87. The Kier molecular flexibility index (Phi) is 5.39. The molecule has 3 nitrogen and oxygen atoms in total. The molecule has 21 heavy (non-hydrogen) atoms. The molecule has 1 aromatic rings. The summed E-state index contributed by atoms with van der Waals surface area (Å²) < 4.78 is 5.81. The molecule has 0 radical (unpaired) electrons. The van der Waals surface area contributed by atoms with Gasteiger partial charge in [0.15, 0.2) is 0 Å². The quantitative estimate of drug-likeness (QED) is 0.744. The minimum Gasteiger partial charge on any atom is -0.492 e. The second-order valence-corrected chi connectivity index (χ2v) is 6.58. The molecule has 0 aromatic heterocycles. The molecular weight excluding hydrogens is 284 g/mol. The molecule has 2 aliphatic rings. The molecule has 1 saturated heterocycles. The van der Waals surface area contributed by atoms with E-state index in [1.54, 1.807) is 0 Å². The van der Waals surface area contributed by atoms with Gasteiger partial charge >= 0.3 is 0 Å². The smallest absolute Gasteiger partial charge is 0.137 e. The van der Waals surface area contributed by atoms with Gasteiger partial charge in [-0.1, -0.05) is 17.7 Å². The Morgan fingerprint density at radius 1 is 1.24 bits per heavy atom. The number of ether oxygens (including phenoxy) is 1. The van der Waals surface area contributed by atoms with Crippen LogP contribution in [0.5, 0.6) is 5.75 Å². The molecule has 116 valence electrons. The normalized spacial score (nSPS) is 19.1. The zero-order valence-corrected chi connectivity index (χ0v) is 13.4. The van der Waals surface area contributed by atoms with Crippen LogP contribution in [-0.4, -0.2) is 37.2 Å². The summed E-state index contributed by atoms with van der Waals surface area (Å²) in [4.78, 5) is 2.51. The maximum atomic E-state index is 6.30. The first-order valence-corrected chi connectivity index (χ1v) is 8.56. The first-order chi connectivity index (χ1) is 10.3. The van der Waals surface area contributed by atoms with Gasteiger partial charge in [-0.2, -0.15) is 0 Å². The van der Waals surface area contributed by atoms with Crippen molar-refractivity contribution in [3.63, 3.8) is 0 Å². The predicted molar refractivity (Wildman–Crippen MR) is 87.1 cm³/mol. The first kappa shape index (κ1) is 15.1. The Morgan fingerprint density at radius 2 is 2.05 bits per heavy atom. The largest absolute Gasteiger partial charge is 0.492 e. The summed E-state index contributed by atoms with van der Waals surface area (Å²) in [6.07, 6.45) is 6.39. The number of hydrogen-bond acceptors (Lipinski definition) is 3. The lowest BCUT2D eigenvalue weighted by molar-refractivity contribution is 0.263. The van der Waals surface area contributed by atoms with Gasteiger partial charge in [0.2, 0.25) is 0 Å². The minimum absolute atomic E-state index is 0.727. The lowest BCUT2D eigenvalue weighted by Gasteiger charge is -2.15. The van der Waals surface area contributed by atoms with Crippen LogP contribution < -0.4 is 10.1 Å². The van der Waals surface area contributed by atoms with Crippen LogP contribution in [0, 0.1) is 0 Å². The summed E-state index contributed by atoms with van der Waals surface area (Å²) in [5.74, 6) is 0.813. The molecule has 0 spiro atoms. The summed E-state index contributed by atoms with van der Waals surface area (Å²) in [5.41, 5.74) is 1.23. The maximum absolute atomic E-state index is 6.30. The summed E-state index contributed by atoms with van der Waals surface area (Å²) in [6.45, 7) is 5.30. The molecule has 1 heterocycles. The average Bonchev–Trinajstić information content (AvgIpc) is 3.17. The number of nitrogens with zero attached hydrogens (tertiary/aromatic N) is 1. The van der Waals surface area contributed by atoms with Gasteiger partial charge in [0.05, 0.1) is 11.6 Å². The van der Waals surface area contributed by atoms with Gasteiger partial charge in [-0.15, -0.1) is 0 Å². The lowest BCUT2D eigenvalue weighted by Crippen LogP contribution is -2.21. The van der Waals surface area contributed by atoms with Crippen LogP contribution in [0.4, 0.5) is 0 Å². The van der Waals surface area contributed by atoms with Crippen molar-refractivity contribution in [1.29, 1.82) is 0 Å². The van der Waals surface area contributed by atoms with Crippen molar-refractivity contribution in [2.24, 2.45) is 0 Å². The highest BCUT2D eigenvalue weighted by molar-refractivity contribution is 6.32. The van der Waals surface area contributed by atoms with E-state index >= 15 is 0 Å². The Bertz CT molecular complexity index is 456. The fraction of sp³-hybridized carbons (Fsp3) is 0.647. The number of likely N-dealkylation sites (tertiary alicyclic amines) is 1. The summed E-state index contributed by atoms with van der Waals surface area (Å²) in [6, 6.07) is 6.86. The van der Waals surface area contributed by atoms with Crippen molar-refractivity contribution in [2.75, 3.05) is 26.2 Å². The molecule has 1 aliphatic carbocycles. The van der Waals surface area contributed by atoms with Crippen LogP contribution in [0.2, 0.25) is 5.02 Å². The van der Waals surface area contributed by atoms with Crippen molar-refractivity contribution < 1.29 is 4.74 Å². The minimum atomic E-state index is 0.727. The van der Waals surface area contributed by atoms with Gasteiger partial charge in [0.25, 0.3) is 0 Å². The summed E-state index contributed by atoms with van der Waals surface area (Å²) >= 11 is 6.30. The molecule has 1 saturated carbocycles. The van der Waals surface area contributed by atoms with Crippen LogP contribution in [0.25, 0.3) is 0 Å². The van der Waals surface area contributed by atoms with Crippen LogP contribution >= 0.6 is 11.6 Å². The SMILES string of the molecule is Clc1cc(CNC2CC2)ccc1OCCCN1CCCC1. The predicted octanol–water partition coefficient (Wildman–Crippen LogP) is 3.46. The van der Waals surface area contributed by atoms with Crippen LogP contribution in [0.3, 0.4) is 0 Å². The molecule has 0 atom stereocenters. The average molecular weight is 309 g/mol. The van der Waals surface area contributed by atoms with E-state index < -0.39 is 0 Å². The van der Waals surface area contributed by atoms with E-state index in [1.165, 1.54) is 44.3 Å². The highest BCUT2D eigenvalue weighted by atomic mass is 35.5. The second kappa shape index (κ2) is 7.48. The molecular formula is C17H25ClN2O. The Hall–Kier alpha value is -0.770. The van der Waals surface area contributed by atoms with Crippen molar-refractivity contribution in [2.45, 2.75) is 44.7 Å². The molecule has 0 amide bonds. The zero-order valence-electron chi connectivity index (χ0n) is 12.6. The Morgan fingerprint density at radius 3 is 2.76 bits per heavy atom. The molecule has 0 unspecified atom stereocenters. The van der Waals surface area contributed by atoms with Gasteiger partial charge < -0.3 is 15.0 Å². The number of halogens is 1. The van der Waals surface area contributed by atoms with Crippen molar-refractivity contribution in [3.05, 3.63) is 28.8 Å². The molecule has 3 rings (SSSR count). The van der Waals surface area contributed by atoms with Gasteiger partial charge in [-0.05, 0) is 62.9 Å². The molecule has 2 fully saturated rings. The summed E-state index contributed by atoms with van der Waals surface area (Å²) in [5, 5.41) is 4.23. The topological polar surface area (TPSA) is 24.5 Å². The highest BCUT2D eigenvalue weighted by Crippen LogP contribution is 2.26. The van der Waals surface area contributed by atoms with Crippen LogP contribution in [0.15, 0.2) is 18.2 Å². The molecule has 1 N–H and O–H groups in total. The van der Waals surface area contributed by atoms with Crippen LogP contribution in [0.1, 0.15) is 37.7 Å². The van der Waals surface area contributed by atoms with E-state index in [0.29, 0.717) is 0 Å². The summed E-state index contributed by atoms with van der Waals surface area (Å²) in [7, 11) is 0. The van der Waals surface area contributed by atoms with Crippen molar-refractivity contribution in [3.8, 4) is 5.75 Å². The number of hydrogen-bond donors (Lipinski definition) is 1. The second-order valence-electron chi connectivity index (χ2n) is 6.17. The first-order valence-electron chi connectivity index (χ1n) is 8.18. The third-order valence-corrected chi connectivity index (χ3v) is 4.54. The third-order valence-electron chi connectivity index (χ3n) is 4.24. The van der Waals surface area contributed by atoms with E-state index in [1.807, 2.05) is 12.1 Å². The van der Waals surface area contributed by atoms with Crippen LogP contribution in [-0.2, 0) is 6.54 Å². The van der Waals surface area contributed by atoms with E-state index in [4.69, 9.17) is 16.3 Å². The number of nitrogens with one attached hydrogen (secondary N) is 1. The molecule has 1 aliphatic heterocycles. The van der Waals surface area contributed by atoms with E-state index in [2.05, 4.69) is 16.3 Å².